The molecule has 0 radical (unpaired) electrons. The van der Waals surface area contributed by atoms with Crippen molar-refractivity contribution in [1.29, 1.82) is 0 Å². The van der Waals surface area contributed by atoms with Crippen LogP contribution < -0.4 is 11.1 Å². The molecule has 1 fully saturated rings. The smallest absolute Gasteiger partial charge is 0.238 e. The van der Waals surface area contributed by atoms with Crippen LogP contribution in [0.4, 0.5) is 15.8 Å². The molecule has 1 saturated heterocycles. The maximum Gasteiger partial charge on any atom is 0.238 e. The summed E-state index contributed by atoms with van der Waals surface area (Å²) < 4.78 is 13.5. The number of likely N-dealkylation sites (tertiary alicyclic amines) is 1. The highest BCUT2D eigenvalue weighted by molar-refractivity contribution is 5.92. The van der Waals surface area contributed by atoms with Crippen LogP contribution in [0.5, 0.6) is 0 Å². The van der Waals surface area contributed by atoms with E-state index < -0.39 is 5.82 Å². The molecule has 0 saturated carbocycles. The summed E-state index contributed by atoms with van der Waals surface area (Å²) in [7, 11) is 4.02. The Labute approximate surface area is 124 Å². The van der Waals surface area contributed by atoms with Gasteiger partial charge in [-0.15, -0.1) is 0 Å². The van der Waals surface area contributed by atoms with Gasteiger partial charge in [0.25, 0.3) is 0 Å². The topological polar surface area (TPSA) is 61.6 Å². The fourth-order valence-corrected chi connectivity index (χ4v) is 2.75. The van der Waals surface area contributed by atoms with E-state index in [0.717, 1.165) is 26.1 Å². The Hall–Kier alpha value is -1.66. The van der Waals surface area contributed by atoms with E-state index in [2.05, 4.69) is 17.3 Å². The van der Waals surface area contributed by atoms with E-state index in [-0.39, 0.29) is 18.1 Å². The fourth-order valence-electron chi connectivity index (χ4n) is 2.75. The molecule has 116 valence electrons. The average Bonchev–Trinajstić information content (AvgIpc) is 2.79. The van der Waals surface area contributed by atoms with Crippen molar-refractivity contribution in [1.82, 2.24) is 9.80 Å². The van der Waals surface area contributed by atoms with Crippen molar-refractivity contribution >= 4 is 17.3 Å². The first-order valence-electron chi connectivity index (χ1n) is 7.16. The van der Waals surface area contributed by atoms with Crippen LogP contribution in [-0.4, -0.2) is 56.0 Å². The zero-order chi connectivity index (χ0) is 15.4. The molecule has 0 aromatic heterocycles. The number of anilines is 2. The summed E-state index contributed by atoms with van der Waals surface area (Å²) in [6.07, 6.45) is 1.16. The predicted octanol–water partition coefficient (Wildman–Crippen LogP) is 1.23. The Balaban J connectivity index is 1.82. The van der Waals surface area contributed by atoms with E-state index in [9.17, 15) is 9.18 Å². The number of hydrogen-bond donors (Lipinski definition) is 2. The molecule has 1 aliphatic rings. The van der Waals surface area contributed by atoms with Gasteiger partial charge in [0.2, 0.25) is 5.91 Å². The largest absolute Gasteiger partial charge is 0.399 e. The van der Waals surface area contributed by atoms with Gasteiger partial charge < -0.3 is 16.0 Å². The summed E-state index contributed by atoms with van der Waals surface area (Å²) in [5, 5.41) is 2.57. The molecule has 5 nitrogen and oxygen atoms in total. The Morgan fingerprint density at radius 3 is 3.00 bits per heavy atom. The third-order valence-corrected chi connectivity index (χ3v) is 3.74. The van der Waals surface area contributed by atoms with Gasteiger partial charge in [-0.05, 0) is 51.2 Å². The van der Waals surface area contributed by atoms with Crippen molar-refractivity contribution in [3.05, 3.63) is 24.0 Å². The van der Waals surface area contributed by atoms with Crippen LogP contribution in [0.1, 0.15) is 6.42 Å². The summed E-state index contributed by atoms with van der Waals surface area (Å²) in [4.78, 5) is 16.2. The van der Waals surface area contributed by atoms with Crippen LogP contribution >= 0.6 is 0 Å². The first kappa shape index (κ1) is 15.7. The number of likely N-dealkylation sites (N-methyl/N-ethyl adjacent to an activating group) is 1. The molecule has 1 atom stereocenters. The number of benzene rings is 1. The zero-order valence-corrected chi connectivity index (χ0v) is 12.6. The van der Waals surface area contributed by atoms with E-state index in [1.807, 2.05) is 11.9 Å². The maximum atomic E-state index is 13.5. The van der Waals surface area contributed by atoms with Crippen molar-refractivity contribution < 1.29 is 9.18 Å². The highest BCUT2D eigenvalue weighted by Gasteiger charge is 2.21. The van der Waals surface area contributed by atoms with E-state index in [0.29, 0.717) is 11.6 Å². The first-order valence-corrected chi connectivity index (χ1v) is 7.16. The number of amides is 1. The highest BCUT2D eigenvalue weighted by atomic mass is 19.1. The lowest BCUT2D eigenvalue weighted by atomic mass is 10.1. The molecule has 1 aliphatic heterocycles. The second kappa shape index (κ2) is 6.87. The second-order valence-corrected chi connectivity index (χ2v) is 5.90. The number of rotatable bonds is 5. The van der Waals surface area contributed by atoms with Crippen molar-refractivity contribution in [2.45, 2.75) is 6.42 Å². The zero-order valence-electron chi connectivity index (χ0n) is 12.6. The summed E-state index contributed by atoms with van der Waals surface area (Å²) in [5.74, 6) is -0.108. The molecule has 1 heterocycles. The molecule has 1 amide bonds. The Kier molecular flexibility index (Phi) is 5.14. The Morgan fingerprint density at radius 1 is 1.57 bits per heavy atom. The van der Waals surface area contributed by atoms with Crippen LogP contribution in [0, 0.1) is 11.7 Å². The van der Waals surface area contributed by atoms with E-state index in [1.165, 1.54) is 18.2 Å². The molecule has 1 aromatic carbocycles. The van der Waals surface area contributed by atoms with E-state index in [4.69, 9.17) is 5.73 Å². The minimum Gasteiger partial charge on any atom is -0.399 e. The maximum absolute atomic E-state index is 13.5. The van der Waals surface area contributed by atoms with Gasteiger partial charge in [0.1, 0.15) is 5.82 Å². The number of carbonyl (C=O) groups excluding carboxylic acids is 1. The third kappa shape index (κ3) is 4.68. The lowest BCUT2D eigenvalue weighted by Crippen LogP contribution is -2.34. The molecular weight excluding hydrogens is 271 g/mol. The molecule has 0 spiro atoms. The molecule has 0 aliphatic carbocycles. The number of hydrogen-bond acceptors (Lipinski definition) is 4. The van der Waals surface area contributed by atoms with Crippen LogP contribution in [0.15, 0.2) is 18.2 Å². The molecular formula is C15H23FN4O. The lowest BCUT2D eigenvalue weighted by molar-refractivity contribution is -0.117. The summed E-state index contributed by atoms with van der Waals surface area (Å²) >= 11 is 0. The van der Waals surface area contributed by atoms with Gasteiger partial charge in [0, 0.05) is 18.8 Å². The summed E-state index contributed by atoms with van der Waals surface area (Å²) in [6, 6.07) is 4.15. The van der Waals surface area contributed by atoms with Crippen molar-refractivity contribution in [3.63, 3.8) is 0 Å². The molecule has 0 bridgehead atoms. The quantitative estimate of drug-likeness (QED) is 0.802. The van der Waals surface area contributed by atoms with Gasteiger partial charge in [0.05, 0.1) is 12.2 Å². The van der Waals surface area contributed by atoms with Gasteiger partial charge in [-0.25, -0.2) is 4.39 Å². The normalized spacial score (nSPS) is 19.1. The minimum atomic E-state index is -0.474. The number of nitrogen functional groups attached to an aromatic ring is 1. The summed E-state index contributed by atoms with van der Waals surface area (Å²) in [6.45, 7) is 3.29. The number of halogens is 1. The van der Waals surface area contributed by atoms with E-state index >= 15 is 0 Å². The lowest BCUT2D eigenvalue weighted by Gasteiger charge is -2.20. The number of nitrogens with zero attached hydrogens (tertiary/aromatic N) is 2. The van der Waals surface area contributed by atoms with Gasteiger partial charge in [-0.2, -0.15) is 0 Å². The molecule has 2 rings (SSSR count). The fraction of sp³-hybridized carbons (Fsp3) is 0.533. The van der Waals surface area contributed by atoms with Crippen molar-refractivity contribution in [2.75, 3.05) is 51.3 Å². The first-order chi connectivity index (χ1) is 9.94. The SMILES string of the molecule is CN1CCC(CN(C)CC(=O)Nc2cc(N)ccc2F)C1. The van der Waals surface area contributed by atoms with Gasteiger partial charge in [0.15, 0.2) is 0 Å². The van der Waals surface area contributed by atoms with Crippen LogP contribution in [0.2, 0.25) is 0 Å². The third-order valence-electron chi connectivity index (χ3n) is 3.74. The Morgan fingerprint density at radius 2 is 2.33 bits per heavy atom. The van der Waals surface area contributed by atoms with Gasteiger partial charge in [-0.1, -0.05) is 0 Å². The Bertz CT molecular complexity index is 508. The minimum absolute atomic E-state index is 0.133. The standard InChI is InChI=1S/C15H23FN4O/c1-19-6-5-11(8-19)9-20(2)10-15(21)18-14-7-12(17)3-4-13(14)16/h3-4,7,11H,5-6,8-10,17H2,1-2H3,(H,18,21). The molecule has 1 unspecified atom stereocenters. The molecule has 1 aromatic rings. The van der Waals surface area contributed by atoms with Crippen LogP contribution in [0.3, 0.4) is 0 Å². The highest BCUT2D eigenvalue weighted by Crippen LogP contribution is 2.18. The molecule has 6 heteroatoms. The number of carbonyl (C=O) groups is 1. The summed E-state index contributed by atoms with van der Waals surface area (Å²) in [5.41, 5.74) is 6.15. The van der Waals surface area contributed by atoms with E-state index in [1.54, 1.807) is 0 Å². The second-order valence-electron chi connectivity index (χ2n) is 5.90. The number of nitrogens with two attached hydrogens (primary N) is 1. The average molecular weight is 294 g/mol. The van der Waals surface area contributed by atoms with Crippen LogP contribution in [0.25, 0.3) is 0 Å². The van der Waals surface area contributed by atoms with Crippen LogP contribution in [-0.2, 0) is 4.79 Å². The molecule has 3 N–H and O–H groups in total. The van der Waals surface area contributed by atoms with Crippen molar-refractivity contribution in [3.8, 4) is 0 Å². The predicted molar refractivity (Wildman–Crippen MR) is 82.5 cm³/mol. The van der Waals surface area contributed by atoms with Gasteiger partial charge >= 0.3 is 0 Å². The molecule has 21 heavy (non-hydrogen) atoms. The van der Waals surface area contributed by atoms with Gasteiger partial charge in [-0.3, -0.25) is 9.69 Å². The monoisotopic (exact) mass is 294 g/mol. The number of nitrogens with one attached hydrogen (secondary N) is 1. The van der Waals surface area contributed by atoms with Crippen molar-refractivity contribution in [2.24, 2.45) is 5.92 Å².